The van der Waals surface area contributed by atoms with Crippen LogP contribution in [0, 0.1) is 46.6 Å². The summed E-state index contributed by atoms with van der Waals surface area (Å²) in [7, 11) is 0. The Balaban J connectivity index is 1.67. The van der Waals surface area contributed by atoms with E-state index < -0.39 is 69.3 Å². The van der Waals surface area contributed by atoms with Crippen molar-refractivity contribution >= 4 is 0 Å². The fourth-order valence-corrected chi connectivity index (χ4v) is 4.45. The van der Waals surface area contributed by atoms with E-state index in [0.717, 1.165) is 37.8 Å². The van der Waals surface area contributed by atoms with Crippen LogP contribution in [0.4, 0.5) is 39.5 Å². The standard InChI is InChI=1S/C26H19F9O/c1-12-2-4-13(5-3-12)14-6-7-16(18(27)8-14)17-11-19(28)22(25(33)23(17)31)26(34,35)36-15-9-20(29)24(32)21(30)10-15/h6-13H,2-5H2,1H3. The number of alkyl halides is 2. The second kappa shape index (κ2) is 9.71. The molecule has 0 radical (unpaired) electrons. The Bertz CT molecular complexity index is 1270. The molecule has 0 bridgehead atoms. The Labute approximate surface area is 200 Å². The average Bonchev–Trinajstić information content (AvgIpc) is 2.80. The second-order valence-corrected chi connectivity index (χ2v) is 8.92. The third-order valence-electron chi connectivity index (χ3n) is 6.42. The van der Waals surface area contributed by atoms with Gasteiger partial charge in [0, 0.05) is 23.3 Å². The Hall–Kier alpha value is -3.17. The Morgan fingerprint density at radius 1 is 0.667 bits per heavy atom. The van der Waals surface area contributed by atoms with Gasteiger partial charge < -0.3 is 4.74 Å². The van der Waals surface area contributed by atoms with E-state index in [1.165, 1.54) is 6.07 Å². The lowest BCUT2D eigenvalue weighted by atomic mass is 9.79. The van der Waals surface area contributed by atoms with Crippen LogP contribution < -0.4 is 4.74 Å². The molecule has 0 unspecified atom stereocenters. The zero-order valence-corrected chi connectivity index (χ0v) is 18.8. The Morgan fingerprint density at radius 2 is 1.28 bits per heavy atom. The van der Waals surface area contributed by atoms with Crippen LogP contribution in [0.25, 0.3) is 11.1 Å². The third kappa shape index (κ3) is 4.90. The zero-order chi connectivity index (χ0) is 26.4. The number of halogens is 9. The van der Waals surface area contributed by atoms with E-state index >= 15 is 0 Å². The van der Waals surface area contributed by atoms with Crippen LogP contribution in [0.3, 0.4) is 0 Å². The number of ether oxygens (including phenoxy) is 1. The monoisotopic (exact) mass is 518 g/mol. The molecule has 192 valence electrons. The van der Waals surface area contributed by atoms with Crippen molar-refractivity contribution in [1.82, 2.24) is 0 Å². The molecular weight excluding hydrogens is 499 g/mol. The summed E-state index contributed by atoms with van der Waals surface area (Å²) in [5.41, 5.74) is -3.05. The second-order valence-electron chi connectivity index (χ2n) is 8.92. The van der Waals surface area contributed by atoms with Crippen LogP contribution in [0.1, 0.15) is 49.7 Å². The van der Waals surface area contributed by atoms with Crippen LogP contribution in [0.5, 0.6) is 5.75 Å². The van der Waals surface area contributed by atoms with Crippen molar-refractivity contribution in [2.24, 2.45) is 5.92 Å². The van der Waals surface area contributed by atoms with Crippen molar-refractivity contribution in [3.8, 4) is 16.9 Å². The Morgan fingerprint density at radius 3 is 1.86 bits per heavy atom. The molecule has 3 aromatic carbocycles. The van der Waals surface area contributed by atoms with E-state index in [1.54, 1.807) is 0 Å². The first-order chi connectivity index (χ1) is 16.9. The number of hydrogen-bond acceptors (Lipinski definition) is 1. The van der Waals surface area contributed by atoms with Gasteiger partial charge in [-0.3, -0.25) is 0 Å². The first kappa shape index (κ1) is 25.9. The van der Waals surface area contributed by atoms with Crippen LogP contribution in [-0.4, -0.2) is 0 Å². The first-order valence-electron chi connectivity index (χ1n) is 11.1. The fraction of sp³-hybridized carbons (Fsp3) is 0.308. The van der Waals surface area contributed by atoms with E-state index in [4.69, 9.17) is 0 Å². The van der Waals surface area contributed by atoms with E-state index in [0.29, 0.717) is 11.5 Å². The van der Waals surface area contributed by atoms with Gasteiger partial charge in [0.15, 0.2) is 29.1 Å². The zero-order valence-electron chi connectivity index (χ0n) is 18.8. The molecule has 1 fully saturated rings. The number of benzene rings is 3. The van der Waals surface area contributed by atoms with Crippen LogP contribution >= 0.6 is 0 Å². The molecular formula is C26H19F9O. The molecule has 4 rings (SSSR count). The summed E-state index contributed by atoms with van der Waals surface area (Å²) in [6, 6.07) is 3.98. The smallest absolute Gasteiger partial charge is 0.429 e. The van der Waals surface area contributed by atoms with Gasteiger partial charge in [0.1, 0.15) is 22.9 Å². The predicted molar refractivity (Wildman–Crippen MR) is 113 cm³/mol. The third-order valence-corrected chi connectivity index (χ3v) is 6.42. The van der Waals surface area contributed by atoms with Crippen molar-refractivity contribution in [2.75, 3.05) is 0 Å². The largest absolute Gasteiger partial charge is 0.432 e. The van der Waals surface area contributed by atoms with Gasteiger partial charge in [0.05, 0.1) is 0 Å². The molecule has 1 aliphatic carbocycles. The molecule has 0 atom stereocenters. The molecule has 0 saturated heterocycles. The highest BCUT2D eigenvalue weighted by Crippen LogP contribution is 2.41. The number of rotatable bonds is 5. The lowest BCUT2D eigenvalue weighted by Gasteiger charge is -2.26. The molecule has 0 N–H and O–H groups in total. The molecule has 1 saturated carbocycles. The van der Waals surface area contributed by atoms with Crippen molar-refractivity contribution in [2.45, 2.75) is 44.6 Å². The van der Waals surface area contributed by atoms with Gasteiger partial charge in [0.2, 0.25) is 0 Å². The number of hydrogen-bond donors (Lipinski definition) is 0. The van der Waals surface area contributed by atoms with Crippen molar-refractivity contribution in [3.63, 3.8) is 0 Å². The Kier molecular flexibility index (Phi) is 6.99. The molecule has 1 nitrogen and oxygen atoms in total. The molecule has 1 aliphatic rings. The van der Waals surface area contributed by atoms with Gasteiger partial charge in [-0.25, -0.2) is 30.7 Å². The molecule has 10 heteroatoms. The average molecular weight is 518 g/mol. The maximum atomic E-state index is 14.9. The van der Waals surface area contributed by atoms with Crippen LogP contribution in [-0.2, 0) is 6.11 Å². The van der Waals surface area contributed by atoms with Gasteiger partial charge in [-0.2, -0.15) is 8.78 Å². The minimum absolute atomic E-state index is 0.0246. The highest BCUT2D eigenvalue weighted by molar-refractivity contribution is 5.66. The van der Waals surface area contributed by atoms with Gasteiger partial charge in [-0.1, -0.05) is 31.9 Å². The summed E-state index contributed by atoms with van der Waals surface area (Å²) in [5.74, 6) is -13.8. The topological polar surface area (TPSA) is 9.23 Å². The maximum Gasteiger partial charge on any atom is 0.432 e. The normalized spacial score (nSPS) is 18.4. The van der Waals surface area contributed by atoms with Crippen LogP contribution in [0.15, 0.2) is 36.4 Å². The van der Waals surface area contributed by atoms with Gasteiger partial charge >= 0.3 is 6.11 Å². The predicted octanol–water partition coefficient (Wildman–Crippen LogP) is 8.75. The highest BCUT2D eigenvalue weighted by atomic mass is 19.3. The summed E-state index contributed by atoms with van der Waals surface area (Å²) in [5, 5.41) is 0. The molecule has 3 aromatic rings. The van der Waals surface area contributed by atoms with Crippen molar-refractivity contribution in [1.29, 1.82) is 0 Å². The highest BCUT2D eigenvalue weighted by Gasteiger charge is 2.43. The van der Waals surface area contributed by atoms with Gasteiger partial charge in [-0.15, -0.1) is 0 Å². The molecule has 36 heavy (non-hydrogen) atoms. The summed E-state index contributed by atoms with van der Waals surface area (Å²) in [6.07, 6.45) is -1.42. The summed E-state index contributed by atoms with van der Waals surface area (Å²) < 4.78 is 132. The molecule has 0 amide bonds. The molecule has 0 aromatic heterocycles. The molecule has 0 spiro atoms. The summed E-state index contributed by atoms with van der Waals surface area (Å²) in [6.45, 7) is 2.11. The molecule has 0 aliphatic heterocycles. The maximum absolute atomic E-state index is 14.9. The fourth-order valence-electron chi connectivity index (χ4n) is 4.45. The minimum atomic E-state index is -4.97. The van der Waals surface area contributed by atoms with E-state index in [2.05, 4.69) is 11.7 Å². The summed E-state index contributed by atoms with van der Waals surface area (Å²) >= 11 is 0. The lowest BCUT2D eigenvalue weighted by molar-refractivity contribution is -0.190. The van der Waals surface area contributed by atoms with Crippen LogP contribution in [0.2, 0.25) is 0 Å². The molecule has 0 heterocycles. The van der Waals surface area contributed by atoms with Gasteiger partial charge in [0.25, 0.3) is 0 Å². The van der Waals surface area contributed by atoms with E-state index in [-0.39, 0.29) is 24.1 Å². The quantitative estimate of drug-likeness (QED) is 0.186. The van der Waals surface area contributed by atoms with E-state index in [1.807, 2.05) is 0 Å². The van der Waals surface area contributed by atoms with Crippen molar-refractivity contribution in [3.05, 3.63) is 88.2 Å². The van der Waals surface area contributed by atoms with Crippen molar-refractivity contribution < 1.29 is 44.3 Å². The van der Waals surface area contributed by atoms with E-state index in [9.17, 15) is 39.5 Å². The SMILES string of the molecule is CC1CCC(c2ccc(-c3cc(F)c(C(F)(F)Oc4cc(F)c(F)c(F)c4)c(F)c3F)c(F)c2)CC1. The first-order valence-corrected chi connectivity index (χ1v) is 11.1. The van der Waals surface area contributed by atoms with Gasteiger partial charge in [-0.05, 0) is 42.4 Å². The minimum Gasteiger partial charge on any atom is -0.429 e. The summed E-state index contributed by atoms with van der Waals surface area (Å²) in [4.78, 5) is 0. The lowest BCUT2D eigenvalue weighted by Crippen LogP contribution is -2.26.